The van der Waals surface area contributed by atoms with Gasteiger partial charge in [-0.05, 0) is 73.0 Å². The smallest absolute Gasteiger partial charge is 0.136 e. The molecule has 0 radical (unpaired) electrons. The number of fused-ring (bicyclic) bond motifs is 6. The van der Waals surface area contributed by atoms with E-state index in [9.17, 15) is 5.11 Å². The van der Waals surface area contributed by atoms with Crippen LogP contribution < -0.4 is 0 Å². The lowest BCUT2D eigenvalue weighted by molar-refractivity contribution is -0.101. The Morgan fingerprint density at radius 2 is 1.91 bits per heavy atom. The maximum atomic E-state index is 10.5. The summed E-state index contributed by atoms with van der Waals surface area (Å²) < 4.78 is 0. The van der Waals surface area contributed by atoms with Gasteiger partial charge in [-0.15, -0.1) is 0 Å². The monoisotopic (exact) mass is 315 g/mol. The molecule has 4 aliphatic carbocycles. The maximum Gasteiger partial charge on any atom is 0.136 e. The highest BCUT2D eigenvalue weighted by Gasteiger charge is 2.60. The van der Waals surface area contributed by atoms with Crippen LogP contribution in [0.1, 0.15) is 52.4 Å². The molecule has 1 aliphatic heterocycles. The van der Waals surface area contributed by atoms with Crippen molar-refractivity contribution in [3.63, 3.8) is 0 Å². The van der Waals surface area contributed by atoms with Gasteiger partial charge in [0.2, 0.25) is 0 Å². The van der Waals surface area contributed by atoms with E-state index in [-0.39, 0.29) is 11.5 Å². The zero-order valence-electron chi connectivity index (χ0n) is 14.3. The van der Waals surface area contributed by atoms with Crippen LogP contribution in [0.15, 0.2) is 17.3 Å². The largest absolute Gasteiger partial charge is 0.393 e. The van der Waals surface area contributed by atoms with Crippen LogP contribution in [0.2, 0.25) is 0 Å². The summed E-state index contributed by atoms with van der Waals surface area (Å²) in [5, 5.41) is 14.6. The van der Waals surface area contributed by atoms with Crippen LogP contribution in [0.25, 0.3) is 0 Å². The van der Waals surface area contributed by atoms with Gasteiger partial charge in [0, 0.05) is 5.92 Å². The molecule has 1 heterocycles. The molecular formula is C20H29NO2. The topological polar surface area (TPSA) is 41.8 Å². The van der Waals surface area contributed by atoms with Crippen molar-refractivity contribution in [2.75, 3.05) is 0 Å². The first kappa shape index (κ1) is 14.5. The van der Waals surface area contributed by atoms with Gasteiger partial charge in [-0.25, -0.2) is 0 Å². The molecule has 3 heteroatoms. The molecule has 0 spiro atoms. The molecule has 0 bridgehead atoms. The molecule has 0 aromatic carbocycles. The van der Waals surface area contributed by atoms with Gasteiger partial charge in [0.15, 0.2) is 0 Å². The van der Waals surface area contributed by atoms with E-state index in [1.165, 1.54) is 25.7 Å². The highest BCUT2D eigenvalue weighted by Crippen LogP contribution is 2.65. The zero-order valence-corrected chi connectivity index (χ0v) is 14.3. The first-order chi connectivity index (χ1) is 11.0. The normalized spacial score (nSPS) is 59.7. The maximum absolute atomic E-state index is 10.5. The molecule has 3 nitrogen and oxygen atoms in total. The van der Waals surface area contributed by atoms with Crippen molar-refractivity contribution >= 4 is 6.21 Å². The number of rotatable bonds is 0. The second kappa shape index (κ2) is 4.62. The first-order valence-electron chi connectivity index (χ1n) is 9.58. The molecular weight excluding hydrogens is 286 g/mol. The highest BCUT2D eigenvalue weighted by atomic mass is 16.6. The Hall–Kier alpha value is -0.830. The fraction of sp³-hybridized carbons (Fsp3) is 0.850. The summed E-state index contributed by atoms with van der Waals surface area (Å²) >= 11 is 0. The van der Waals surface area contributed by atoms with Crippen molar-refractivity contribution < 1.29 is 9.94 Å². The van der Waals surface area contributed by atoms with Crippen LogP contribution in [0.3, 0.4) is 0 Å². The summed E-state index contributed by atoms with van der Waals surface area (Å²) in [5.41, 5.74) is 0.541. The third-order valence-corrected chi connectivity index (χ3v) is 8.63. The molecule has 5 aliphatic rings. The van der Waals surface area contributed by atoms with E-state index in [0.717, 1.165) is 18.8 Å². The highest BCUT2D eigenvalue weighted by molar-refractivity contribution is 5.63. The first-order valence-corrected chi connectivity index (χ1v) is 9.58. The molecule has 3 fully saturated rings. The van der Waals surface area contributed by atoms with Gasteiger partial charge in [0.1, 0.15) is 6.10 Å². The average Bonchev–Trinajstić information content (AvgIpc) is 3.08. The van der Waals surface area contributed by atoms with Crippen molar-refractivity contribution in [2.24, 2.45) is 45.6 Å². The van der Waals surface area contributed by atoms with Crippen LogP contribution in [0.4, 0.5) is 0 Å². The lowest BCUT2D eigenvalue weighted by Gasteiger charge is -2.58. The van der Waals surface area contributed by atoms with Gasteiger partial charge in [0.25, 0.3) is 0 Å². The number of nitrogens with zero attached hydrogens (tertiary/aromatic N) is 1. The zero-order chi connectivity index (χ0) is 15.8. The number of hydrogen-bond acceptors (Lipinski definition) is 3. The summed E-state index contributed by atoms with van der Waals surface area (Å²) in [6, 6.07) is 0. The Balaban J connectivity index is 1.50. The van der Waals surface area contributed by atoms with Gasteiger partial charge < -0.3 is 9.94 Å². The second-order valence-corrected chi connectivity index (χ2v) is 9.43. The Bertz CT molecular complexity index is 572. The van der Waals surface area contributed by atoms with E-state index >= 15 is 0 Å². The van der Waals surface area contributed by atoms with Crippen molar-refractivity contribution in [1.29, 1.82) is 0 Å². The molecule has 3 saturated carbocycles. The van der Waals surface area contributed by atoms with E-state index in [4.69, 9.17) is 4.84 Å². The Kier molecular flexibility index (Phi) is 2.92. The van der Waals surface area contributed by atoms with Crippen LogP contribution in [-0.2, 0) is 4.84 Å². The average molecular weight is 315 g/mol. The molecule has 0 aromatic heterocycles. The minimum Gasteiger partial charge on any atom is -0.393 e. The minimum atomic E-state index is -0.0847. The van der Waals surface area contributed by atoms with Gasteiger partial charge in [-0.1, -0.05) is 31.2 Å². The van der Waals surface area contributed by atoms with Crippen molar-refractivity contribution in [3.05, 3.63) is 12.2 Å². The third-order valence-electron chi connectivity index (χ3n) is 8.63. The minimum absolute atomic E-state index is 0.0847. The van der Waals surface area contributed by atoms with Crippen molar-refractivity contribution in [2.45, 2.75) is 64.6 Å². The number of allylic oxidation sites excluding steroid dienone is 2. The van der Waals surface area contributed by atoms with Crippen LogP contribution in [0.5, 0.6) is 0 Å². The summed E-state index contributed by atoms with van der Waals surface area (Å²) in [6.45, 7) is 4.89. The number of oxime groups is 1. The van der Waals surface area contributed by atoms with Gasteiger partial charge in [-0.3, -0.25) is 0 Å². The Labute approximate surface area is 139 Å². The van der Waals surface area contributed by atoms with Gasteiger partial charge in [-0.2, -0.15) is 0 Å². The third kappa shape index (κ3) is 1.78. The predicted octanol–water partition coefficient (Wildman–Crippen LogP) is 3.78. The number of aliphatic hydroxyl groups is 1. The Morgan fingerprint density at radius 1 is 1.09 bits per heavy atom. The SMILES string of the molecule is C[C@]12CC3C=NOC3CC1C=CC1C2CC[C@@]2(C)C1CC[C@@H]2O. The molecule has 126 valence electrons. The molecule has 1 N–H and O–H groups in total. The summed E-state index contributed by atoms with van der Waals surface area (Å²) in [7, 11) is 0. The number of aliphatic hydroxyl groups excluding tert-OH is 1. The summed E-state index contributed by atoms with van der Waals surface area (Å²) in [5.74, 6) is 3.28. The lowest BCUT2D eigenvalue weighted by Crippen LogP contribution is -2.54. The lowest BCUT2D eigenvalue weighted by atomic mass is 9.46. The molecule has 0 aromatic rings. The summed E-state index contributed by atoms with van der Waals surface area (Å²) in [6.07, 6.45) is 14.4. The van der Waals surface area contributed by atoms with Crippen LogP contribution >= 0.6 is 0 Å². The molecule has 6 unspecified atom stereocenters. The Morgan fingerprint density at radius 3 is 2.78 bits per heavy atom. The fourth-order valence-electron chi connectivity index (χ4n) is 7.14. The summed E-state index contributed by atoms with van der Waals surface area (Å²) in [4.78, 5) is 5.59. The molecule has 23 heavy (non-hydrogen) atoms. The molecule has 0 amide bonds. The van der Waals surface area contributed by atoms with Gasteiger partial charge >= 0.3 is 0 Å². The van der Waals surface area contributed by atoms with E-state index in [1.807, 2.05) is 0 Å². The number of hydrogen-bond donors (Lipinski definition) is 1. The van der Waals surface area contributed by atoms with Crippen LogP contribution in [-0.4, -0.2) is 23.5 Å². The van der Waals surface area contributed by atoms with E-state index in [2.05, 4.69) is 37.4 Å². The molecule has 9 atom stereocenters. The predicted molar refractivity (Wildman–Crippen MR) is 89.9 cm³/mol. The van der Waals surface area contributed by atoms with E-state index < -0.39 is 0 Å². The standard InChI is InChI=1S/C20H29NO2/c1-19-8-7-16-14(15(19)5-6-18(19)22)4-3-13-9-17-12(11-21-23-17)10-20(13,16)2/h3-4,11-18,22H,5-10H2,1-2H3/t12?,13?,14?,15?,16?,17?,18-,19-,20-/m0/s1. The fourth-order valence-corrected chi connectivity index (χ4v) is 7.14. The van der Waals surface area contributed by atoms with E-state index in [0.29, 0.717) is 35.2 Å². The van der Waals surface area contributed by atoms with Gasteiger partial charge in [0.05, 0.1) is 12.3 Å². The van der Waals surface area contributed by atoms with Crippen molar-refractivity contribution in [3.8, 4) is 0 Å². The van der Waals surface area contributed by atoms with E-state index in [1.54, 1.807) is 0 Å². The van der Waals surface area contributed by atoms with Crippen molar-refractivity contribution in [1.82, 2.24) is 0 Å². The molecule has 5 rings (SSSR count). The molecule has 0 saturated heterocycles. The second-order valence-electron chi connectivity index (χ2n) is 9.43. The van der Waals surface area contributed by atoms with Crippen LogP contribution in [0, 0.1) is 40.4 Å². The quantitative estimate of drug-likeness (QED) is 0.691.